The molecule has 2 rings (SSSR count). The normalized spacial score (nSPS) is 10.4. The maximum Gasteiger partial charge on any atom is 0.270 e. The monoisotopic (exact) mass is 330 g/mol. The van der Waals surface area contributed by atoms with Gasteiger partial charge in [0.1, 0.15) is 11.5 Å². The van der Waals surface area contributed by atoms with Crippen LogP contribution >= 0.6 is 12.2 Å². The van der Waals surface area contributed by atoms with Crippen LogP contribution in [-0.2, 0) is 0 Å². The molecule has 0 amide bonds. The Labute approximate surface area is 137 Å². The number of nitro benzene ring substituents is 1. The van der Waals surface area contributed by atoms with Crippen molar-refractivity contribution in [2.45, 2.75) is 0 Å². The van der Waals surface area contributed by atoms with Crippen LogP contribution in [0.3, 0.4) is 0 Å². The molecule has 1 aromatic heterocycles. The van der Waals surface area contributed by atoms with E-state index in [1.807, 2.05) is 0 Å². The van der Waals surface area contributed by atoms with Gasteiger partial charge >= 0.3 is 0 Å². The van der Waals surface area contributed by atoms with Crippen molar-refractivity contribution < 1.29 is 9.34 Å². The first-order chi connectivity index (χ1) is 11.1. The van der Waals surface area contributed by atoms with Crippen LogP contribution < -0.4 is 10.7 Å². The molecule has 118 valence electrons. The third-order valence-electron chi connectivity index (χ3n) is 2.73. The standard InChI is InChI=1S/C15H14N4O3S/c1-2-8-16-15(23)18-17-10-13-6-7-14(22-13)11-4-3-5-12(9-11)19(20)21/h2-7,9-10H,1,8H2,(H2,16,18,23)/b17-10-. The van der Waals surface area contributed by atoms with Crippen LogP contribution in [0.25, 0.3) is 11.3 Å². The van der Waals surface area contributed by atoms with Gasteiger partial charge in [0.2, 0.25) is 0 Å². The lowest BCUT2D eigenvalue weighted by Crippen LogP contribution is -2.31. The van der Waals surface area contributed by atoms with Gasteiger partial charge in [0.25, 0.3) is 5.69 Å². The summed E-state index contributed by atoms with van der Waals surface area (Å²) < 4.78 is 5.58. The molecule has 0 aliphatic rings. The van der Waals surface area contributed by atoms with Crippen LogP contribution in [0.15, 0.2) is 58.6 Å². The summed E-state index contributed by atoms with van der Waals surface area (Å²) in [4.78, 5) is 10.3. The number of thiocarbonyl (C=S) groups is 1. The Balaban J connectivity index is 2.03. The van der Waals surface area contributed by atoms with Gasteiger partial charge in [0, 0.05) is 24.2 Å². The van der Waals surface area contributed by atoms with Crippen molar-refractivity contribution in [2.24, 2.45) is 5.10 Å². The molecule has 0 fully saturated rings. The number of rotatable bonds is 6. The lowest BCUT2D eigenvalue weighted by Gasteiger charge is -2.02. The maximum atomic E-state index is 10.8. The molecule has 0 saturated heterocycles. The first kappa shape index (κ1) is 16.4. The van der Waals surface area contributed by atoms with Gasteiger partial charge in [-0.25, -0.2) is 0 Å². The highest BCUT2D eigenvalue weighted by molar-refractivity contribution is 7.80. The van der Waals surface area contributed by atoms with E-state index >= 15 is 0 Å². The number of non-ortho nitro benzene ring substituents is 1. The molecule has 8 heteroatoms. The summed E-state index contributed by atoms with van der Waals surface area (Å²) in [6, 6.07) is 9.64. The fourth-order valence-electron chi connectivity index (χ4n) is 1.71. The van der Waals surface area contributed by atoms with Crippen molar-refractivity contribution in [1.82, 2.24) is 10.7 Å². The Morgan fingerprint density at radius 3 is 3.00 bits per heavy atom. The first-order valence-corrected chi connectivity index (χ1v) is 7.03. The van der Waals surface area contributed by atoms with Gasteiger partial charge in [0.15, 0.2) is 5.11 Å². The molecule has 0 aliphatic carbocycles. The summed E-state index contributed by atoms with van der Waals surface area (Å²) in [6.45, 7) is 4.10. The summed E-state index contributed by atoms with van der Waals surface area (Å²) in [5, 5.41) is 18.0. The second-order valence-corrected chi connectivity index (χ2v) is 4.79. The predicted molar refractivity (Wildman–Crippen MR) is 92.3 cm³/mol. The second kappa shape index (κ2) is 7.85. The Morgan fingerprint density at radius 2 is 2.26 bits per heavy atom. The summed E-state index contributed by atoms with van der Waals surface area (Å²) >= 11 is 4.98. The van der Waals surface area contributed by atoms with Crippen molar-refractivity contribution >= 4 is 29.2 Å². The van der Waals surface area contributed by atoms with E-state index in [-0.39, 0.29) is 5.69 Å². The zero-order valence-corrected chi connectivity index (χ0v) is 12.9. The van der Waals surface area contributed by atoms with Crippen molar-refractivity contribution in [3.05, 3.63) is 64.9 Å². The van der Waals surface area contributed by atoms with E-state index in [4.69, 9.17) is 16.6 Å². The predicted octanol–water partition coefficient (Wildman–Crippen LogP) is 2.84. The molecule has 0 spiro atoms. The van der Waals surface area contributed by atoms with E-state index in [0.29, 0.717) is 28.7 Å². The van der Waals surface area contributed by atoms with Gasteiger partial charge in [-0.2, -0.15) is 5.10 Å². The molecule has 0 unspecified atom stereocenters. The van der Waals surface area contributed by atoms with Crippen LogP contribution in [0.5, 0.6) is 0 Å². The van der Waals surface area contributed by atoms with Crippen LogP contribution in [0.2, 0.25) is 0 Å². The zero-order chi connectivity index (χ0) is 16.7. The van der Waals surface area contributed by atoms with Crippen molar-refractivity contribution in [3.63, 3.8) is 0 Å². The van der Waals surface area contributed by atoms with Crippen molar-refractivity contribution in [3.8, 4) is 11.3 Å². The highest BCUT2D eigenvalue weighted by atomic mass is 32.1. The number of hydrazone groups is 1. The van der Waals surface area contributed by atoms with E-state index < -0.39 is 4.92 Å². The van der Waals surface area contributed by atoms with E-state index in [0.717, 1.165) is 0 Å². The summed E-state index contributed by atoms with van der Waals surface area (Å²) in [7, 11) is 0. The first-order valence-electron chi connectivity index (χ1n) is 6.62. The number of nitrogens with one attached hydrogen (secondary N) is 2. The van der Waals surface area contributed by atoms with Crippen molar-refractivity contribution in [2.75, 3.05) is 6.54 Å². The Kier molecular flexibility index (Phi) is 5.59. The highest BCUT2D eigenvalue weighted by Gasteiger charge is 2.09. The van der Waals surface area contributed by atoms with Gasteiger partial charge in [0.05, 0.1) is 11.1 Å². The fraction of sp³-hybridized carbons (Fsp3) is 0.0667. The fourth-order valence-corrected chi connectivity index (χ4v) is 1.85. The molecule has 0 aliphatic heterocycles. The molecule has 2 N–H and O–H groups in total. The number of benzene rings is 1. The third kappa shape index (κ3) is 4.75. The van der Waals surface area contributed by atoms with Gasteiger partial charge in [-0.1, -0.05) is 18.2 Å². The molecule has 0 atom stereocenters. The van der Waals surface area contributed by atoms with Crippen LogP contribution in [0.1, 0.15) is 5.76 Å². The molecular formula is C15H14N4O3S. The van der Waals surface area contributed by atoms with Crippen LogP contribution in [0.4, 0.5) is 5.69 Å². The van der Waals surface area contributed by atoms with Gasteiger partial charge in [-0.15, -0.1) is 6.58 Å². The zero-order valence-electron chi connectivity index (χ0n) is 12.1. The molecule has 0 radical (unpaired) electrons. The van der Waals surface area contributed by atoms with E-state index in [2.05, 4.69) is 22.4 Å². The number of nitrogens with zero attached hydrogens (tertiary/aromatic N) is 2. The van der Waals surface area contributed by atoms with Gasteiger partial charge < -0.3 is 9.73 Å². The lowest BCUT2D eigenvalue weighted by atomic mass is 10.1. The molecule has 0 saturated carbocycles. The SMILES string of the molecule is C=CCNC(=S)N/N=C\c1ccc(-c2cccc([N+](=O)[O-])c2)o1. The van der Waals surface area contributed by atoms with E-state index in [1.165, 1.54) is 18.3 Å². The van der Waals surface area contributed by atoms with Crippen LogP contribution in [-0.4, -0.2) is 22.8 Å². The summed E-state index contributed by atoms with van der Waals surface area (Å²) in [5.74, 6) is 1.01. The average molecular weight is 330 g/mol. The third-order valence-corrected chi connectivity index (χ3v) is 2.97. The second-order valence-electron chi connectivity index (χ2n) is 4.38. The molecular weight excluding hydrogens is 316 g/mol. The number of hydrogen-bond acceptors (Lipinski definition) is 5. The largest absolute Gasteiger partial charge is 0.455 e. The minimum Gasteiger partial charge on any atom is -0.455 e. The molecule has 7 nitrogen and oxygen atoms in total. The molecule has 1 aromatic carbocycles. The molecule has 0 bridgehead atoms. The number of hydrogen-bond donors (Lipinski definition) is 2. The number of nitro groups is 1. The maximum absolute atomic E-state index is 10.8. The highest BCUT2D eigenvalue weighted by Crippen LogP contribution is 2.25. The van der Waals surface area contributed by atoms with E-state index in [1.54, 1.807) is 30.3 Å². The quantitative estimate of drug-likeness (QED) is 0.278. The minimum atomic E-state index is -0.448. The minimum absolute atomic E-state index is 0.00873. The summed E-state index contributed by atoms with van der Waals surface area (Å²) in [5.41, 5.74) is 3.26. The molecule has 1 heterocycles. The molecule has 23 heavy (non-hydrogen) atoms. The summed E-state index contributed by atoms with van der Waals surface area (Å²) in [6.07, 6.45) is 3.14. The van der Waals surface area contributed by atoms with E-state index in [9.17, 15) is 10.1 Å². The Hall–Kier alpha value is -3.00. The van der Waals surface area contributed by atoms with Gasteiger partial charge in [-0.05, 0) is 24.4 Å². The molecule has 2 aromatic rings. The van der Waals surface area contributed by atoms with Gasteiger partial charge in [-0.3, -0.25) is 15.5 Å². The van der Waals surface area contributed by atoms with Crippen LogP contribution in [0, 0.1) is 10.1 Å². The number of furan rings is 1. The lowest BCUT2D eigenvalue weighted by molar-refractivity contribution is -0.384. The average Bonchev–Trinajstić information content (AvgIpc) is 3.02. The topological polar surface area (TPSA) is 92.7 Å². The Morgan fingerprint density at radius 1 is 1.43 bits per heavy atom. The van der Waals surface area contributed by atoms with Crippen molar-refractivity contribution in [1.29, 1.82) is 0 Å². The smallest absolute Gasteiger partial charge is 0.270 e. The Bertz CT molecular complexity index is 755.